The maximum atomic E-state index is 12.6. The van der Waals surface area contributed by atoms with E-state index >= 15 is 0 Å². The van der Waals surface area contributed by atoms with Crippen LogP contribution >= 0.6 is 0 Å². The number of hydrogen-bond donors (Lipinski definition) is 1. The van der Waals surface area contributed by atoms with Crippen LogP contribution in [0.2, 0.25) is 0 Å². The Kier molecular flexibility index (Phi) is 4.51. The number of aromatic nitrogens is 4. The number of pyridine rings is 2. The maximum Gasteiger partial charge on any atom is 0.278 e. The first-order valence-electron chi connectivity index (χ1n) is 9.03. The smallest absolute Gasteiger partial charge is 0.278 e. The zero-order chi connectivity index (χ0) is 17.9. The van der Waals surface area contributed by atoms with E-state index in [1.54, 1.807) is 23.0 Å². The topological polar surface area (TPSA) is 75.9 Å². The highest BCUT2D eigenvalue weighted by atomic mass is 16.2. The standard InChI is InChI=1S/C19H22N6O/c1-24-18-14(9-10-16(22-18)25-12-6-2-3-7-13-25)17(23-24)19(26)21-15-8-4-5-11-20-15/h4-5,8-11H,2-3,6-7,12-13H2,1H3,(H,20,21,26). The molecule has 134 valence electrons. The van der Waals surface area contributed by atoms with E-state index in [1.165, 1.54) is 25.7 Å². The third-order valence-corrected chi connectivity index (χ3v) is 4.72. The number of hydrogen-bond acceptors (Lipinski definition) is 5. The van der Waals surface area contributed by atoms with E-state index in [1.807, 2.05) is 25.2 Å². The minimum Gasteiger partial charge on any atom is -0.357 e. The van der Waals surface area contributed by atoms with Crippen molar-refractivity contribution in [1.82, 2.24) is 19.7 Å². The molecule has 3 aromatic rings. The Morgan fingerprint density at radius 2 is 1.88 bits per heavy atom. The number of carbonyl (C=O) groups excluding carboxylic acids is 1. The zero-order valence-corrected chi connectivity index (χ0v) is 14.9. The molecule has 0 spiro atoms. The quantitative estimate of drug-likeness (QED) is 0.786. The van der Waals surface area contributed by atoms with E-state index in [9.17, 15) is 4.79 Å². The second-order valence-electron chi connectivity index (χ2n) is 6.58. The molecule has 0 unspecified atom stereocenters. The van der Waals surface area contributed by atoms with Gasteiger partial charge in [-0.05, 0) is 37.1 Å². The van der Waals surface area contributed by atoms with E-state index < -0.39 is 0 Å². The third kappa shape index (κ3) is 3.24. The highest BCUT2D eigenvalue weighted by Gasteiger charge is 2.19. The Morgan fingerprint density at radius 1 is 1.08 bits per heavy atom. The molecular formula is C19H22N6O. The number of nitrogens with zero attached hydrogens (tertiary/aromatic N) is 5. The Balaban J connectivity index is 1.64. The fourth-order valence-electron chi connectivity index (χ4n) is 3.38. The summed E-state index contributed by atoms with van der Waals surface area (Å²) in [5, 5.41) is 7.92. The molecule has 3 aromatic heterocycles. The Labute approximate surface area is 152 Å². The van der Waals surface area contributed by atoms with E-state index in [0.717, 1.165) is 29.9 Å². The number of rotatable bonds is 3. The average molecular weight is 350 g/mol. The Hall–Kier alpha value is -2.96. The first-order chi connectivity index (χ1) is 12.7. The van der Waals surface area contributed by atoms with Crippen molar-refractivity contribution in [1.29, 1.82) is 0 Å². The Bertz CT molecular complexity index is 912. The summed E-state index contributed by atoms with van der Waals surface area (Å²) in [6, 6.07) is 9.32. The molecule has 26 heavy (non-hydrogen) atoms. The minimum atomic E-state index is -0.279. The summed E-state index contributed by atoms with van der Waals surface area (Å²) < 4.78 is 1.67. The van der Waals surface area contributed by atoms with Gasteiger partial charge in [0.2, 0.25) is 0 Å². The molecule has 1 amide bonds. The first kappa shape index (κ1) is 16.5. The summed E-state index contributed by atoms with van der Waals surface area (Å²) in [6.45, 7) is 2.06. The van der Waals surface area contributed by atoms with Crippen molar-refractivity contribution in [2.24, 2.45) is 7.05 Å². The maximum absolute atomic E-state index is 12.6. The fourth-order valence-corrected chi connectivity index (χ4v) is 3.38. The highest BCUT2D eigenvalue weighted by Crippen LogP contribution is 2.23. The molecule has 1 N–H and O–H groups in total. The Morgan fingerprint density at radius 3 is 2.62 bits per heavy atom. The van der Waals surface area contributed by atoms with Crippen molar-refractivity contribution in [3.8, 4) is 0 Å². The third-order valence-electron chi connectivity index (χ3n) is 4.72. The van der Waals surface area contributed by atoms with Crippen LogP contribution in [-0.4, -0.2) is 38.7 Å². The largest absolute Gasteiger partial charge is 0.357 e. The summed E-state index contributed by atoms with van der Waals surface area (Å²) in [4.78, 5) is 23.8. The monoisotopic (exact) mass is 350 g/mol. The zero-order valence-electron chi connectivity index (χ0n) is 14.9. The SMILES string of the molecule is Cn1nc(C(=O)Nc2ccccn2)c2ccc(N3CCCCCC3)nc21. The van der Waals surface area contributed by atoms with Crippen LogP contribution in [-0.2, 0) is 7.05 Å². The van der Waals surface area contributed by atoms with Gasteiger partial charge in [0, 0.05) is 26.3 Å². The molecule has 4 rings (SSSR count). The summed E-state index contributed by atoms with van der Waals surface area (Å²) in [6.07, 6.45) is 6.59. The van der Waals surface area contributed by atoms with Crippen LogP contribution in [0.15, 0.2) is 36.5 Å². The van der Waals surface area contributed by atoms with Crippen molar-refractivity contribution in [2.45, 2.75) is 25.7 Å². The van der Waals surface area contributed by atoms with Gasteiger partial charge < -0.3 is 10.2 Å². The molecule has 1 fully saturated rings. The molecule has 0 aromatic carbocycles. The molecule has 4 heterocycles. The van der Waals surface area contributed by atoms with Crippen molar-refractivity contribution in [2.75, 3.05) is 23.3 Å². The first-order valence-corrected chi connectivity index (χ1v) is 9.03. The van der Waals surface area contributed by atoms with Gasteiger partial charge in [0.15, 0.2) is 11.3 Å². The predicted octanol–water partition coefficient (Wildman–Crippen LogP) is 3.00. The average Bonchev–Trinajstić information content (AvgIpc) is 2.84. The normalized spacial score (nSPS) is 15.0. The highest BCUT2D eigenvalue weighted by molar-refractivity contribution is 6.10. The fraction of sp³-hybridized carbons (Fsp3) is 0.368. The molecule has 1 aliphatic heterocycles. The van der Waals surface area contributed by atoms with Crippen molar-refractivity contribution in [3.05, 3.63) is 42.2 Å². The molecule has 1 aliphatic rings. The summed E-state index contributed by atoms with van der Waals surface area (Å²) in [5.41, 5.74) is 1.08. The molecule has 0 radical (unpaired) electrons. The van der Waals surface area contributed by atoms with Gasteiger partial charge >= 0.3 is 0 Å². The number of anilines is 2. The molecule has 0 aliphatic carbocycles. The predicted molar refractivity (Wildman–Crippen MR) is 101 cm³/mol. The lowest BCUT2D eigenvalue weighted by Crippen LogP contribution is -2.24. The van der Waals surface area contributed by atoms with Gasteiger partial charge in [-0.25, -0.2) is 14.6 Å². The molecular weight excluding hydrogens is 328 g/mol. The second kappa shape index (κ2) is 7.11. The second-order valence-corrected chi connectivity index (χ2v) is 6.58. The summed E-state index contributed by atoms with van der Waals surface area (Å²) in [7, 11) is 1.82. The van der Waals surface area contributed by atoms with E-state index in [0.29, 0.717) is 11.5 Å². The van der Waals surface area contributed by atoms with Crippen LogP contribution in [0.3, 0.4) is 0 Å². The number of aryl methyl sites for hydroxylation is 1. The number of carbonyl (C=O) groups is 1. The van der Waals surface area contributed by atoms with Crippen LogP contribution in [0.1, 0.15) is 36.2 Å². The summed E-state index contributed by atoms with van der Waals surface area (Å²) >= 11 is 0. The van der Waals surface area contributed by atoms with Crippen molar-refractivity contribution < 1.29 is 4.79 Å². The van der Waals surface area contributed by atoms with Gasteiger partial charge in [0.05, 0.1) is 5.39 Å². The lowest BCUT2D eigenvalue weighted by atomic mass is 10.2. The number of amides is 1. The molecule has 7 heteroatoms. The lowest BCUT2D eigenvalue weighted by molar-refractivity contribution is 0.102. The van der Waals surface area contributed by atoms with E-state index in [2.05, 4.69) is 20.3 Å². The number of fused-ring (bicyclic) bond motifs is 1. The van der Waals surface area contributed by atoms with Gasteiger partial charge in [-0.3, -0.25) is 4.79 Å². The van der Waals surface area contributed by atoms with Crippen LogP contribution in [0.25, 0.3) is 11.0 Å². The minimum absolute atomic E-state index is 0.279. The molecule has 0 saturated carbocycles. The molecule has 7 nitrogen and oxygen atoms in total. The molecule has 0 bridgehead atoms. The summed E-state index contributed by atoms with van der Waals surface area (Å²) in [5.74, 6) is 1.18. The molecule has 1 saturated heterocycles. The molecule has 0 atom stereocenters. The van der Waals surface area contributed by atoms with E-state index in [4.69, 9.17) is 4.98 Å². The van der Waals surface area contributed by atoms with Crippen molar-refractivity contribution in [3.63, 3.8) is 0 Å². The van der Waals surface area contributed by atoms with Crippen LogP contribution < -0.4 is 10.2 Å². The van der Waals surface area contributed by atoms with Gasteiger partial charge in [-0.2, -0.15) is 5.10 Å². The van der Waals surface area contributed by atoms with Gasteiger partial charge in [0.1, 0.15) is 11.6 Å². The van der Waals surface area contributed by atoms with Gasteiger partial charge in [0.25, 0.3) is 5.91 Å². The van der Waals surface area contributed by atoms with Crippen LogP contribution in [0, 0.1) is 0 Å². The van der Waals surface area contributed by atoms with Crippen LogP contribution in [0.5, 0.6) is 0 Å². The number of nitrogens with one attached hydrogen (secondary N) is 1. The van der Waals surface area contributed by atoms with Gasteiger partial charge in [-0.1, -0.05) is 18.9 Å². The van der Waals surface area contributed by atoms with Crippen molar-refractivity contribution >= 4 is 28.6 Å². The van der Waals surface area contributed by atoms with E-state index in [-0.39, 0.29) is 5.91 Å². The van der Waals surface area contributed by atoms with Gasteiger partial charge in [-0.15, -0.1) is 0 Å². The van der Waals surface area contributed by atoms with Crippen LogP contribution in [0.4, 0.5) is 11.6 Å². The lowest BCUT2D eigenvalue weighted by Gasteiger charge is -2.21.